The number of allylic oxidation sites excluding steroid dienone is 2. The van der Waals surface area contributed by atoms with Gasteiger partial charge in [-0.1, -0.05) is 40.2 Å². The molecule has 0 aliphatic carbocycles. The number of hydrogen-bond donors (Lipinski definition) is 0. The lowest BCUT2D eigenvalue weighted by Gasteiger charge is -2.10. The van der Waals surface area contributed by atoms with E-state index in [1.165, 1.54) is 0 Å². The molecular formula is C10H10BrOP. The summed E-state index contributed by atoms with van der Waals surface area (Å²) in [6, 6.07) is 7.82. The van der Waals surface area contributed by atoms with Crippen LogP contribution in [0.3, 0.4) is 0 Å². The third-order valence-corrected chi connectivity index (χ3v) is 5.63. The highest BCUT2D eigenvalue weighted by Crippen LogP contribution is 2.47. The third kappa shape index (κ3) is 1.79. The van der Waals surface area contributed by atoms with Gasteiger partial charge in [-0.3, -0.25) is 0 Å². The van der Waals surface area contributed by atoms with Crippen LogP contribution in [0.2, 0.25) is 0 Å². The minimum Gasteiger partial charge on any atom is -0.318 e. The summed E-state index contributed by atoms with van der Waals surface area (Å²) in [4.78, 5) is 0. The summed E-state index contributed by atoms with van der Waals surface area (Å²) in [5, 5.41) is 1.00. The zero-order chi connectivity index (χ0) is 9.31. The third-order valence-electron chi connectivity index (χ3n) is 2.26. The molecule has 0 fully saturated rings. The van der Waals surface area contributed by atoms with Crippen LogP contribution in [0.4, 0.5) is 0 Å². The average Bonchev–Trinajstić information content (AvgIpc) is 2.54. The van der Waals surface area contributed by atoms with Gasteiger partial charge in [-0.25, -0.2) is 0 Å². The van der Waals surface area contributed by atoms with Crippen LogP contribution >= 0.6 is 23.1 Å². The van der Waals surface area contributed by atoms with Gasteiger partial charge in [0.25, 0.3) is 0 Å². The van der Waals surface area contributed by atoms with Crippen molar-refractivity contribution >= 4 is 28.4 Å². The van der Waals surface area contributed by atoms with Gasteiger partial charge < -0.3 is 4.57 Å². The predicted octanol–water partition coefficient (Wildman–Crippen LogP) is 3.01. The van der Waals surface area contributed by atoms with E-state index in [1.807, 2.05) is 36.4 Å². The van der Waals surface area contributed by atoms with Crippen LogP contribution in [0.15, 0.2) is 40.9 Å². The second kappa shape index (κ2) is 3.43. The zero-order valence-corrected chi connectivity index (χ0v) is 9.59. The molecule has 0 spiro atoms. The van der Waals surface area contributed by atoms with Gasteiger partial charge in [-0.2, -0.15) is 0 Å². The average molecular weight is 257 g/mol. The molecule has 0 radical (unpaired) electrons. The highest BCUT2D eigenvalue weighted by molar-refractivity contribution is 9.10. The van der Waals surface area contributed by atoms with E-state index in [0.29, 0.717) is 0 Å². The van der Waals surface area contributed by atoms with E-state index >= 15 is 0 Å². The molecule has 1 nitrogen and oxygen atoms in total. The summed E-state index contributed by atoms with van der Waals surface area (Å²) in [5.41, 5.74) is 0. The molecule has 68 valence electrons. The van der Waals surface area contributed by atoms with Crippen molar-refractivity contribution in [3.63, 3.8) is 0 Å². The molecule has 0 bridgehead atoms. The second-order valence-corrected chi connectivity index (χ2v) is 7.14. The van der Waals surface area contributed by atoms with E-state index in [0.717, 1.165) is 22.1 Å². The number of halogens is 1. The van der Waals surface area contributed by atoms with Crippen LogP contribution in [0.1, 0.15) is 0 Å². The molecule has 0 saturated heterocycles. The highest BCUT2D eigenvalue weighted by Gasteiger charge is 2.24. The first-order valence-corrected chi connectivity index (χ1v) is 7.07. The Balaban J connectivity index is 2.36. The van der Waals surface area contributed by atoms with Crippen molar-refractivity contribution < 1.29 is 4.57 Å². The van der Waals surface area contributed by atoms with Crippen molar-refractivity contribution in [3.05, 3.63) is 40.9 Å². The van der Waals surface area contributed by atoms with Gasteiger partial charge >= 0.3 is 0 Å². The van der Waals surface area contributed by atoms with Crippen molar-refractivity contribution in [1.29, 1.82) is 0 Å². The van der Waals surface area contributed by atoms with E-state index < -0.39 is 7.14 Å². The van der Waals surface area contributed by atoms with Crippen molar-refractivity contribution in [3.8, 4) is 0 Å². The van der Waals surface area contributed by atoms with Gasteiger partial charge in [-0.05, 0) is 12.1 Å². The quantitative estimate of drug-likeness (QED) is 0.558. The first-order valence-electron chi connectivity index (χ1n) is 4.20. The Bertz CT molecular complexity index is 368. The number of hydrogen-bond acceptors (Lipinski definition) is 1. The summed E-state index contributed by atoms with van der Waals surface area (Å²) in [6.45, 7) is 0. The minimum atomic E-state index is -2.07. The van der Waals surface area contributed by atoms with Gasteiger partial charge in [-0.15, -0.1) is 0 Å². The van der Waals surface area contributed by atoms with Crippen molar-refractivity contribution in [2.75, 3.05) is 12.3 Å². The van der Waals surface area contributed by atoms with Crippen LogP contribution < -0.4 is 5.30 Å². The molecular weight excluding hydrogens is 247 g/mol. The fourth-order valence-corrected chi connectivity index (χ4v) is 3.99. The molecule has 1 heterocycles. The van der Waals surface area contributed by atoms with E-state index in [2.05, 4.69) is 15.9 Å². The van der Waals surface area contributed by atoms with Crippen molar-refractivity contribution in [2.45, 2.75) is 0 Å². The van der Waals surface area contributed by atoms with Crippen LogP contribution in [0, 0.1) is 0 Å². The maximum atomic E-state index is 12.2. The SMILES string of the molecule is O=P1(c2ccc(Br)cc2)CC=CC1. The van der Waals surface area contributed by atoms with Crippen LogP contribution in [-0.4, -0.2) is 12.3 Å². The Morgan fingerprint density at radius 3 is 2.15 bits per heavy atom. The van der Waals surface area contributed by atoms with Crippen LogP contribution in [0.5, 0.6) is 0 Å². The summed E-state index contributed by atoms with van der Waals surface area (Å²) in [6.07, 6.45) is 5.49. The van der Waals surface area contributed by atoms with Crippen molar-refractivity contribution in [2.24, 2.45) is 0 Å². The fourth-order valence-electron chi connectivity index (χ4n) is 1.49. The molecule has 2 rings (SSSR count). The molecule has 0 saturated carbocycles. The monoisotopic (exact) mass is 256 g/mol. The predicted molar refractivity (Wildman–Crippen MR) is 60.3 cm³/mol. The number of benzene rings is 1. The topological polar surface area (TPSA) is 17.1 Å². The van der Waals surface area contributed by atoms with E-state index in [-0.39, 0.29) is 0 Å². The van der Waals surface area contributed by atoms with E-state index in [1.54, 1.807) is 0 Å². The second-order valence-electron chi connectivity index (χ2n) is 3.20. The van der Waals surface area contributed by atoms with Gasteiger partial charge in [0.2, 0.25) is 0 Å². The molecule has 3 heteroatoms. The minimum absolute atomic E-state index is 0.731. The summed E-state index contributed by atoms with van der Waals surface area (Å²) < 4.78 is 13.3. The van der Waals surface area contributed by atoms with Crippen LogP contribution in [-0.2, 0) is 4.57 Å². The molecule has 0 unspecified atom stereocenters. The molecule has 1 aliphatic heterocycles. The lowest BCUT2D eigenvalue weighted by Crippen LogP contribution is -2.05. The molecule has 1 aromatic rings. The molecule has 0 amide bonds. The molecule has 13 heavy (non-hydrogen) atoms. The Morgan fingerprint density at radius 1 is 1.08 bits per heavy atom. The van der Waals surface area contributed by atoms with Crippen LogP contribution in [0.25, 0.3) is 0 Å². The Hall–Kier alpha value is -0.330. The zero-order valence-electron chi connectivity index (χ0n) is 7.11. The highest BCUT2D eigenvalue weighted by atomic mass is 79.9. The van der Waals surface area contributed by atoms with Crippen molar-refractivity contribution in [1.82, 2.24) is 0 Å². The fraction of sp³-hybridized carbons (Fsp3) is 0.200. The number of rotatable bonds is 1. The maximum Gasteiger partial charge on any atom is 0.122 e. The standard InChI is InChI=1S/C10H10BrOP/c11-9-3-5-10(6-4-9)13(12)7-1-2-8-13/h1-6H,7-8H2. The van der Waals surface area contributed by atoms with E-state index in [4.69, 9.17) is 0 Å². The van der Waals surface area contributed by atoms with Gasteiger partial charge in [0.05, 0.1) is 0 Å². The van der Waals surface area contributed by atoms with Gasteiger partial charge in [0.15, 0.2) is 0 Å². The van der Waals surface area contributed by atoms with Gasteiger partial charge in [0.1, 0.15) is 7.14 Å². The summed E-state index contributed by atoms with van der Waals surface area (Å²) in [5.74, 6) is 0. The van der Waals surface area contributed by atoms with E-state index in [9.17, 15) is 4.57 Å². The lowest BCUT2D eigenvalue weighted by molar-refractivity contribution is 0.585. The Kier molecular flexibility index (Phi) is 2.44. The summed E-state index contributed by atoms with van der Waals surface area (Å²) >= 11 is 3.37. The molecule has 0 atom stereocenters. The normalized spacial score (nSPS) is 19.2. The molecule has 0 aromatic heterocycles. The largest absolute Gasteiger partial charge is 0.318 e. The summed E-state index contributed by atoms with van der Waals surface area (Å²) in [7, 11) is -2.07. The first-order chi connectivity index (χ1) is 6.21. The van der Waals surface area contributed by atoms with Gasteiger partial charge in [0, 0.05) is 22.1 Å². The lowest BCUT2D eigenvalue weighted by atomic mass is 10.4. The molecule has 0 N–H and O–H groups in total. The maximum absolute atomic E-state index is 12.2. The Morgan fingerprint density at radius 2 is 1.62 bits per heavy atom. The molecule has 1 aliphatic rings. The molecule has 1 aromatic carbocycles. The smallest absolute Gasteiger partial charge is 0.122 e. The first kappa shape index (κ1) is 9.23. The Labute approximate surface area is 86.4 Å².